The standard InChI is InChI=1S/C23H24N4O4S2/c1-14-9-15(2)18-11-16(23(28)24-20(18)10-14)12-27(13-17-5-4-8-31-17)33(29,30)21-7-3-6-19-22(21)26-32-25-19/h3,6-7,9-11,17H,4-5,8,12-13H2,1-2H3,(H,24,28). The van der Waals surface area contributed by atoms with Crippen LogP contribution in [0.3, 0.4) is 0 Å². The number of aryl methyl sites for hydroxylation is 2. The highest BCUT2D eigenvalue weighted by Gasteiger charge is 2.32. The monoisotopic (exact) mass is 484 g/mol. The zero-order valence-electron chi connectivity index (χ0n) is 18.4. The van der Waals surface area contributed by atoms with Crippen LogP contribution < -0.4 is 5.56 Å². The van der Waals surface area contributed by atoms with Crippen LogP contribution in [0.4, 0.5) is 0 Å². The van der Waals surface area contributed by atoms with Crippen molar-refractivity contribution >= 4 is 43.7 Å². The maximum atomic E-state index is 13.8. The Morgan fingerprint density at radius 2 is 2.06 bits per heavy atom. The SMILES string of the molecule is Cc1cc(C)c2cc(CN(CC3CCCO3)S(=O)(=O)c3cccc4nsnc34)c(=O)[nH]c2c1. The zero-order valence-corrected chi connectivity index (χ0v) is 20.0. The number of H-pyrrole nitrogens is 1. The van der Waals surface area contributed by atoms with Crippen molar-refractivity contribution in [2.45, 2.75) is 44.2 Å². The summed E-state index contributed by atoms with van der Waals surface area (Å²) < 4.78 is 43.1. The molecule has 5 rings (SSSR count). The van der Waals surface area contributed by atoms with Gasteiger partial charge in [0, 0.05) is 36.2 Å². The van der Waals surface area contributed by atoms with Gasteiger partial charge in [-0.1, -0.05) is 12.1 Å². The van der Waals surface area contributed by atoms with Crippen LogP contribution in [-0.2, 0) is 21.3 Å². The first kappa shape index (κ1) is 22.1. The van der Waals surface area contributed by atoms with Crippen molar-refractivity contribution in [2.75, 3.05) is 13.2 Å². The second-order valence-corrected chi connectivity index (χ2v) is 10.9. The van der Waals surface area contributed by atoms with Crippen molar-refractivity contribution in [1.82, 2.24) is 18.0 Å². The van der Waals surface area contributed by atoms with E-state index in [0.717, 1.165) is 46.6 Å². The van der Waals surface area contributed by atoms with Crippen LogP contribution in [0.15, 0.2) is 46.1 Å². The molecule has 0 saturated carbocycles. The van der Waals surface area contributed by atoms with E-state index in [4.69, 9.17) is 4.74 Å². The molecule has 0 amide bonds. The second kappa shape index (κ2) is 8.60. The van der Waals surface area contributed by atoms with E-state index in [9.17, 15) is 13.2 Å². The van der Waals surface area contributed by atoms with Gasteiger partial charge in [0.05, 0.1) is 17.8 Å². The molecule has 172 valence electrons. The minimum absolute atomic E-state index is 0.0608. The van der Waals surface area contributed by atoms with Gasteiger partial charge in [-0.25, -0.2) is 8.42 Å². The summed E-state index contributed by atoms with van der Waals surface area (Å²) >= 11 is 0.976. The molecular weight excluding hydrogens is 460 g/mol. The van der Waals surface area contributed by atoms with E-state index in [0.29, 0.717) is 23.2 Å². The molecule has 33 heavy (non-hydrogen) atoms. The molecule has 1 fully saturated rings. The number of rotatable bonds is 6. The van der Waals surface area contributed by atoms with Crippen molar-refractivity contribution < 1.29 is 13.2 Å². The summed E-state index contributed by atoms with van der Waals surface area (Å²) in [5, 5.41) is 0.899. The number of pyridine rings is 1. The Morgan fingerprint density at radius 1 is 1.21 bits per heavy atom. The van der Waals surface area contributed by atoms with E-state index in [1.54, 1.807) is 24.3 Å². The van der Waals surface area contributed by atoms with Crippen molar-refractivity contribution in [1.29, 1.82) is 0 Å². The molecule has 1 aliphatic rings. The van der Waals surface area contributed by atoms with Crippen molar-refractivity contribution in [2.24, 2.45) is 0 Å². The molecule has 0 bridgehead atoms. The molecule has 1 saturated heterocycles. The number of aromatic nitrogens is 3. The lowest BCUT2D eigenvalue weighted by Gasteiger charge is -2.25. The quantitative estimate of drug-likeness (QED) is 0.449. The van der Waals surface area contributed by atoms with E-state index in [-0.39, 0.29) is 29.6 Å². The highest BCUT2D eigenvalue weighted by molar-refractivity contribution is 7.89. The number of fused-ring (bicyclic) bond motifs is 2. The first-order valence-corrected chi connectivity index (χ1v) is 13.0. The predicted octanol–water partition coefficient (Wildman–Crippen LogP) is 3.52. The number of nitrogens with zero attached hydrogens (tertiary/aromatic N) is 3. The lowest BCUT2D eigenvalue weighted by molar-refractivity contribution is 0.0925. The fourth-order valence-electron chi connectivity index (χ4n) is 4.42. The Morgan fingerprint density at radius 3 is 2.85 bits per heavy atom. The van der Waals surface area contributed by atoms with E-state index < -0.39 is 10.0 Å². The molecule has 1 atom stereocenters. The van der Waals surface area contributed by atoms with Gasteiger partial charge in [-0.15, -0.1) is 0 Å². The van der Waals surface area contributed by atoms with Gasteiger partial charge in [-0.2, -0.15) is 13.1 Å². The highest BCUT2D eigenvalue weighted by Crippen LogP contribution is 2.27. The molecule has 10 heteroatoms. The van der Waals surface area contributed by atoms with Gasteiger partial charge in [0.2, 0.25) is 10.0 Å². The average Bonchev–Trinajstić information content (AvgIpc) is 3.45. The van der Waals surface area contributed by atoms with E-state index in [1.165, 1.54) is 4.31 Å². The first-order chi connectivity index (χ1) is 15.8. The van der Waals surface area contributed by atoms with Crippen LogP contribution in [0.2, 0.25) is 0 Å². The van der Waals surface area contributed by atoms with Crippen LogP contribution in [0.5, 0.6) is 0 Å². The van der Waals surface area contributed by atoms with Gasteiger partial charge in [-0.05, 0) is 62.1 Å². The first-order valence-electron chi connectivity index (χ1n) is 10.8. The molecule has 3 heterocycles. The summed E-state index contributed by atoms with van der Waals surface area (Å²) in [6.07, 6.45) is 1.46. The number of hydrogen-bond donors (Lipinski definition) is 1. The average molecular weight is 485 g/mol. The Balaban J connectivity index is 1.59. The van der Waals surface area contributed by atoms with Crippen LogP contribution >= 0.6 is 11.7 Å². The minimum Gasteiger partial charge on any atom is -0.377 e. The topological polar surface area (TPSA) is 105 Å². The summed E-state index contributed by atoms with van der Waals surface area (Å²) in [6.45, 7) is 4.67. The van der Waals surface area contributed by atoms with E-state index >= 15 is 0 Å². The molecule has 4 aromatic rings. The van der Waals surface area contributed by atoms with Gasteiger partial charge in [0.1, 0.15) is 15.9 Å². The van der Waals surface area contributed by atoms with E-state index in [2.05, 4.69) is 13.7 Å². The van der Waals surface area contributed by atoms with Crippen LogP contribution in [0, 0.1) is 13.8 Å². The minimum atomic E-state index is -3.97. The van der Waals surface area contributed by atoms with Crippen molar-refractivity contribution in [3.63, 3.8) is 0 Å². The molecule has 2 aromatic carbocycles. The van der Waals surface area contributed by atoms with Gasteiger partial charge >= 0.3 is 0 Å². The van der Waals surface area contributed by atoms with E-state index in [1.807, 2.05) is 26.0 Å². The van der Waals surface area contributed by atoms with Crippen molar-refractivity contribution in [3.05, 3.63) is 63.4 Å². The van der Waals surface area contributed by atoms with Gasteiger partial charge < -0.3 is 9.72 Å². The third kappa shape index (κ3) is 4.19. The third-order valence-corrected chi connectivity index (χ3v) is 8.42. The number of ether oxygens (including phenoxy) is 1. The highest BCUT2D eigenvalue weighted by atomic mass is 32.2. The molecule has 1 N–H and O–H groups in total. The number of aromatic amines is 1. The molecule has 8 nitrogen and oxygen atoms in total. The molecule has 0 aliphatic carbocycles. The smallest absolute Gasteiger partial charge is 0.252 e. The number of sulfonamides is 1. The summed E-state index contributed by atoms with van der Waals surface area (Å²) in [4.78, 5) is 16.0. The second-order valence-electron chi connectivity index (χ2n) is 8.49. The predicted molar refractivity (Wildman–Crippen MR) is 128 cm³/mol. The van der Waals surface area contributed by atoms with Crippen LogP contribution in [-0.4, -0.2) is 45.7 Å². The van der Waals surface area contributed by atoms with Gasteiger partial charge in [-0.3, -0.25) is 4.79 Å². The van der Waals surface area contributed by atoms with Crippen LogP contribution in [0.25, 0.3) is 21.9 Å². The normalized spacial score (nSPS) is 16.9. The number of hydrogen-bond acceptors (Lipinski definition) is 7. The Bertz CT molecular complexity index is 1500. The summed E-state index contributed by atoms with van der Waals surface area (Å²) in [5.41, 5.74) is 3.79. The molecule has 1 aliphatic heterocycles. The molecule has 0 spiro atoms. The summed E-state index contributed by atoms with van der Waals surface area (Å²) in [5.74, 6) is 0. The lowest BCUT2D eigenvalue weighted by atomic mass is 10.0. The van der Waals surface area contributed by atoms with Crippen molar-refractivity contribution in [3.8, 4) is 0 Å². The molecule has 2 aromatic heterocycles. The zero-order chi connectivity index (χ0) is 23.2. The number of benzene rings is 2. The Kier molecular flexibility index (Phi) is 5.77. The summed E-state index contributed by atoms with van der Waals surface area (Å²) in [6, 6.07) is 10.7. The van der Waals surface area contributed by atoms with Gasteiger partial charge in [0.15, 0.2) is 0 Å². The Labute approximate surface area is 195 Å². The summed E-state index contributed by atoms with van der Waals surface area (Å²) in [7, 11) is -3.97. The van der Waals surface area contributed by atoms with Gasteiger partial charge in [0.25, 0.3) is 5.56 Å². The third-order valence-electron chi connectivity index (χ3n) is 6.03. The maximum absolute atomic E-state index is 13.8. The fourth-order valence-corrected chi connectivity index (χ4v) is 6.62. The lowest BCUT2D eigenvalue weighted by Crippen LogP contribution is -2.38. The fraction of sp³-hybridized carbons (Fsp3) is 0.348. The maximum Gasteiger partial charge on any atom is 0.252 e. The molecular formula is C23H24N4O4S2. The van der Waals surface area contributed by atoms with Crippen LogP contribution in [0.1, 0.15) is 29.5 Å². The largest absolute Gasteiger partial charge is 0.377 e. The Hall–Kier alpha value is -2.66. The molecule has 0 radical (unpaired) electrons. The molecule has 1 unspecified atom stereocenters. The number of nitrogens with one attached hydrogen (secondary N) is 1.